The number of hydroxylamine groups is 1. The smallest absolute Gasteiger partial charge is 0.449 e. The zero-order valence-electron chi connectivity index (χ0n) is 8.32. The van der Waals surface area contributed by atoms with Gasteiger partial charge in [0, 0.05) is 11.6 Å². The first kappa shape index (κ1) is 11.7. The average molecular weight is 247 g/mol. The van der Waals surface area contributed by atoms with Crippen LogP contribution in [0.15, 0.2) is 30.3 Å². The molecule has 4 nitrogen and oxygen atoms in total. The zero-order valence-corrected chi connectivity index (χ0v) is 8.32. The number of aromatic hydroxyl groups is 1. The van der Waals surface area contributed by atoms with Gasteiger partial charge in [-0.25, -0.2) is 4.84 Å². The lowest BCUT2D eigenvalue weighted by Crippen LogP contribution is -2.45. The van der Waals surface area contributed by atoms with Gasteiger partial charge in [-0.2, -0.15) is 13.2 Å². The van der Waals surface area contributed by atoms with Crippen LogP contribution in [0.3, 0.4) is 0 Å². The highest BCUT2D eigenvalue weighted by Gasteiger charge is 2.57. The SMILES string of the molecule is Oc1ccc(C2=CC(O)(C(F)(F)F)ON2)cc1. The average Bonchev–Trinajstić information content (AvgIpc) is 2.63. The van der Waals surface area contributed by atoms with Gasteiger partial charge < -0.3 is 10.2 Å². The van der Waals surface area contributed by atoms with E-state index in [9.17, 15) is 18.3 Å². The molecule has 0 aromatic heterocycles. The van der Waals surface area contributed by atoms with Gasteiger partial charge in [0.05, 0.1) is 5.70 Å². The number of phenolic OH excluding ortho intramolecular Hbond substituents is 1. The molecule has 0 fully saturated rings. The summed E-state index contributed by atoms with van der Waals surface area (Å²) in [6, 6.07) is 5.39. The van der Waals surface area contributed by atoms with E-state index in [4.69, 9.17) is 5.11 Å². The Bertz CT molecular complexity index is 455. The molecular formula is C10H8F3NO3. The molecule has 3 N–H and O–H groups in total. The molecule has 2 rings (SSSR count). The van der Waals surface area contributed by atoms with E-state index in [0.717, 1.165) is 0 Å². The molecule has 1 aromatic rings. The lowest BCUT2D eigenvalue weighted by molar-refractivity contribution is -0.345. The van der Waals surface area contributed by atoms with Crippen LogP contribution in [0.5, 0.6) is 5.75 Å². The summed E-state index contributed by atoms with van der Waals surface area (Å²) in [6.45, 7) is 0. The largest absolute Gasteiger partial charge is 0.508 e. The summed E-state index contributed by atoms with van der Waals surface area (Å²) in [5, 5.41) is 18.2. The van der Waals surface area contributed by atoms with Gasteiger partial charge in [-0.3, -0.25) is 5.48 Å². The highest BCUT2D eigenvalue weighted by atomic mass is 19.4. The van der Waals surface area contributed by atoms with Gasteiger partial charge in [0.15, 0.2) is 0 Å². The van der Waals surface area contributed by atoms with E-state index < -0.39 is 12.0 Å². The molecule has 1 heterocycles. The number of benzene rings is 1. The van der Waals surface area contributed by atoms with E-state index in [2.05, 4.69) is 4.84 Å². The molecule has 0 saturated carbocycles. The second-order valence-electron chi connectivity index (χ2n) is 3.50. The van der Waals surface area contributed by atoms with E-state index in [1.54, 1.807) is 0 Å². The fourth-order valence-corrected chi connectivity index (χ4v) is 1.31. The lowest BCUT2D eigenvalue weighted by atomic mass is 10.1. The summed E-state index contributed by atoms with van der Waals surface area (Å²) in [7, 11) is 0. The van der Waals surface area contributed by atoms with Crippen molar-refractivity contribution in [3.63, 3.8) is 0 Å². The minimum atomic E-state index is -4.93. The summed E-state index contributed by atoms with van der Waals surface area (Å²) >= 11 is 0. The van der Waals surface area contributed by atoms with Crippen LogP contribution in [-0.4, -0.2) is 22.2 Å². The Kier molecular flexibility index (Phi) is 2.52. The summed E-state index contributed by atoms with van der Waals surface area (Å²) in [4.78, 5) is 4.13. The quantitative estimate of drug-likeness (QED) is 0.704. The van der Waals surface area contributed by atoms with Crippen LogP contribution in [0.4, 0.5) is 13.2 Å². The highest BCUT2D eigenvalue weighted by molar-refractivity contribution is 5.66. The normalized spacial score (nSPS) is 24.4. The third-order valence-corrected chi connectivity index (χ3v) is 2.24. The molecule has 1 unspecified atom stereocenters. The summed E-state index contributed by atoms with van der Waals surface area (Å²) in [5.74, 6) is -3.35. The number of hydrogen-bond acceptors (Lipinski definition) is 4. The van der Waals surface area contributed by atoms with Crippen molar-refractivity contribution in [3.05, 3.63) is 35.9 Å². The van der Waals surface area contributed by atoms with Gasteiger partial charge in [-0.15, -0.1) is 0 Å². The van der Waals surface area contributed by atoms with Crippen molar-refractivity contribution < 1.29 is 28.2 Å². The maximum absolute atomic E-state index is 12.4. The number of halogens is 3. The van der Waals surface area contributed by atoms with Crippen molar-refractivity contribution in [2.24, 2.45) is 0 Å². The van der Waals surface area contributed by atoms with E-state index >= 15 is 0 Å². The monoisotopic (exact) mass is 247 g/mol. The van der Waals surface area contributed by atoms with Crippen LogP contribution in [-0.2, 0) is 4.84 Å². The van der Waals surface area contributed by atoms with Crippen molar-refractivity contribution in [1.82, 2.24) is 5.48 Å². The molecule has 0 aliphatic carbocycles. The number of rotatable bonds is 1. The van der Waals surface area contributed by atoms with E-state index in [1.807, 2.05) is 5.48 Å². The second kappa shape index (κ2) is 3.64. The second-order valence-corrected chi connectivity index (χ2v) is 3.50. The Morgan fingerprint density at radius 2 is 1.76 bits per heavy atom. The molecule has 1 aliphatic rings. The van der Waals surface area contributed by atoms with Gasteiger partial charge in [-0.05, 0) is 24.3 Å². The molecule has 0 bridgehead atoms. The fourth-order valence-electron chi connectivity index (χ4n) is 1.31. The molecule has 1 atom stereocenters. The Morgan fingerprint density at radius 3 is 2.24 bits per heavy atom. The number of nitrogens with one attached hydrogen (secondary N) is 1. The van der Waals surface area contributed by atoms with Gasteiger partial charge in [-0.1, -0.05) is 0 Å². The third kappa shape index (κ3) is 2.06. The minimum Gasteiger partial charge on any atom is -0.508 e. The molecule has 1 aromatic carbocycles. The maximum atomic E-state index is 12.4. The van der Waals surface area contributed by atoms with E-state index in [-0.39, 0.29) is 11.4 Å². The van der Waals surface area contributed by atoms with Crippen LogP contribution in [0.2, 0.25) is 0 Å². The molecule has 0 spiro atoms. The zero-order chi connectivity index (χ0) is 12.7. The van der Waals surface area contributed by atoms with Gasteiger partial charge in [0.25, 0.3) is 0 Å². The number of aliphatic hydroxyl groups is 1. The van der Waals surface area contributed by atoms with Crippen molar-refractivity contribution >= 4 is 5.70 Å². The first-order valence-electron chi connectivity index (χ1n) is 4.57. The highest BCUT2D eigenvalue weighted by Crippen LogP contribution is 2.37. The van der Waals surface area contributed by atoms with Gasteiger partial charge in [0.2, 0.25) is 0 Å². The molecule has 0 amide bonds. The van der Waals surface area contributed by atoms with Crippen LogP contribution < -0.4 is 5.48 Å². The molecule has 0 saturated heterocycles. The summed E-state index contributed by atoms with van der Waals surface area (Å²) in [5.41, 5.74) is 2.33. The van der Waals surface area contributed by atoms with Gasteiger partial charge >= 0.3 is 12.0 Å². The maximum Gasteiger partial charge on any atom is 0.449 e. The number of alkyl halides is 3. The summed E-state index contributed by atoms with van der Waals surface area (Å²) in [6.07, 6.45) is -4.40. The predicted octanol–water partition coefficient (Wildman–Crippen LogP) is 1.52. The minimum absolute atomic E-state index is 0.0145. The molecule has 7 heteroatoms. The van der Waals surface area contributed by atoms with Crippen LogP contribution >= 0.6 is 0 Å². The van der Waals surface area contributed by atoms with Crippen molar-refractivity contribution in [2.45, 2.75) is 12.0 Å². The molecule has 17 heavy (non-hydrogen) atoms. The van der Waals surface area contributed by atoms with Crippen LogP contribution in [0.25, 0.3) is 5.70 Å². The first-order valence-corrected chi connectivity index (χ1v) is 4.57. The van der Waals surface area contributed by atoms with Crippen LogP contribution in [0, 0.1) is 0 Å². The predicted molar refractivity (Wildman–Crippen MR) is 51.3 cm³/mol. The Morgan fingerprint density at radius 1 is 1.18 bits per heavy atom. The molecule has 1 aliphatic heterocycles. The van der Waals surface area contributed by atoms with E-state index in [1.165, 1.54) is 24.3 Å². The first-order chi connectivity index (χ1) is 7.82. The van der Waals surface area contributed by atoms with E-state index in [0.29, 0.717) is 11.6 Å². The van der Waals surface area contributed by atoms with Crippen LogP contribution in [0.1, 0.15) is 5.56 Å². The molecule has 0 radical (unpaired) electrons. The van der Waals surface area contributed by atoms with Crippen molar-refractivity contribution in [3.8, 4) is 5.75 Å². The lowest BCUT2D eigenvalue weighted by Gasteiger charge is -2.21. The fraction of sp³-hybridized carbons (Fsp3) is 0.200. The molecular weight excluding hydrogens is 239 g/mol. The number of hydrogen-bond donors (Lipinski definition) is 3. The topological polar surface area (TPSA) is 61.7 Å². The Labute approximate surface area is 93.9 Å². The van der Waals surface area contributed by atoms with Gasteiger partial charge in [0.1, 0.15) is 5.75 Å². The third-order valence-electron chi connectivity index (χ3n) is 2.24. The molecule has 92 valence electrons. The number of phenols is 1. The van der Waals surface area contributed by atoms with Crippen molar-refractivity contribution in [2.75, 3.05) is 0 Å². The Balaban J connectivity index is 2.31. The van der Waals surface area contributed by atoms with Crippen molar-refractivity contribution in [1.29, 1.82) is 0 Å². The standard InChI is InChI=1S/C10H8F3NO3/c11-10(12,13)9(16)5-8(14-17-9)6-1-3-7(15)4-2-6/h1-5,14-16H. The summed E-state index contributed by atoms with van der Waals surface area (Å²) < 4.78 is 37.2. The Hall–Kier alpha value is -1.73.